The van der Waals surface area contributed by atoms with E-state index in [1.165, 1.54) is 38.5 Å². The summed E-state index contributed by atoms with van der Waals surface area (Å²) in [6.07, 6.45) is 8.02. The molecule has 18 heavy (non-hydrogen) atoms. The first-order valence-electron chi connectivity index (χ1n) is 7.30. The molecule has 0 radical (unpaired) electrons. The molecule has 3 unspecified atom stereocenters. The molecule has 4 nitrogen and oxygen atoms in total. The molecule has 1 amide bonds. The number of primary amides is 1. The molecule has 104 valence electrons. The molecule has 3 N–H and O–H groups in total. The average molecular weight is 253 g/mol. The summed E-state index contributed by atoms with van der Waals surface area (Å²) in [7, 11) is 1.83. The Morgan fingerprint density at radius 2 is 2.00 bits per heavy atom. The number of fused-ring (bicyclic) bond motifs is 1. The number of amides is 1. The van der Waals surface area contributed by atoms with Crippen LogP contribution in [0.25, 0.3) is 0 Å². The molecule has 3 atom stereocenters. The van der Waals surface area contributed by atoms with Crippen molar-refractivity contribution in [3.05, 3.63) is 0 Å². The van der Waals surface area contributed by atoms with Crippen LogP contribution in [-0.4, -0.2) is 42.5 Å². The molecular formula is C14H27N3O. The number of carbonyl (C=O) groups is 1. The molecule has 2 fully saturated rings. The summed E-state index contributed by atoms with van der Waals surface area (Å²) in [5, 5.41) is 3.10. The Hall–Kier alpha value is -0.610. The summed E-state index contributed by atoms with van der Waals surface area (Å²) in [4.78, 5) is 14.1. The van der Waals surface area contributed by atoms with E-state index in [0.29, 0.717) is 6.04 Å². The number of hydrogen-bond acceptors (Lipinski definition) is 3. The van der Waals surface area contributed by atoms with E-state index in [9.17, 15) is 4.79 Å². The molecule has 2 rings (SSSR count). The van der Waals surface area contributed by atoms with Crippen LogP contribution in [0, 0.1) is 5.92 Å². The molecule has 1 heterocycles. The van der Waals surface area contributed by atoms with E-state index in [4.69, 9.17) is 5.73 Å². The van der Waals surface area contributed by atoms with Crippen molar-refractivity contribution >= 4 is 5.91 Å². The number of nitrogens with two attached hydrogens (primary N) is 1. The van der Waals surface area contributed by atoms with E-state index >= 15 is 0 Å². The largest absolute Gasteiger partial charge is 0.368 e. The lowest BCUT2D eigenvalue weighted by atomic mass is 9.78. The first-order chi connectivity index (χ1) is 8.57. The SMILES string of the molecule is CNC(C)(CN1CCCC2CCCCC21)C(N)=O. The second-order valence-electron chi connectivity index (χ2n) is 6.17. The molecule has 0 aromatic heterocycles. The number of piperidine rings is 1. The van der Waals surface area contributed by atoms with Crippen LogP contribution in [0.3, 0.4) is 0 Å². The van der Waals surface area contributed by atoms with E-state index in [1.807, 2.05) is 14.0 Å². The highest BCUT2D eigenvalue weighted by atomic mass is 16.1. The topological polar surface area (TPSA) is 58.4 Å². The van der Waals surface area contributed by atoms with Crippen molar-refractivity contribution in [2.75, 3.05) is 20.1 Å². The highest BCUT2D eigenvalue weighted by Crippen LogP contribution is 2.35. The van der Waals surface area contributed by atoms with Gasteiger partial charge >= 0.3 is 0 Å². The highest BCUT2D eigenvalue weighted by molar-refractivity contribution is 5.84. The maximum absolute atomic E-state index is 11.6. The van der Waals surface area contributed by atoms with Gasteiger partial charge in [-0.05, 0) is 52.1 Å². The molecular weight excluding hydrogens is 226 g/mol. The van der Waals surface area contributed by atoms with E-state index < -0.39 is 5.54 Å². The summed E-state index contributed by atoms with van der Waals surface area (Å²) in [6, 6.07) is 0.680. The summed E-state index contributed by atoms with van der Waals surface area (Å²) >= 11 is 0. The Bertz CT molecular complexity index is 305. The van der Waals surface area contributed by atoms with Crippen LogP contribution in [0.2, 0.25) is 0 Å². The van der Waals surface area contributed by atoms with Crippen molar-refractivity contribution < 1.29 is 4.79 Å². The third-order valence-electron chi connectivity index (χ3n) is 4.97. The smallest absolute Gasteiger partial charge is 0.238 e. The quantitative estimate of drug-likeness (QED) is 0.789. The van der Waals surface area contributed by atoms with Gasteiger partial charge in [0.15, 0.2) is 0 Å². The van der Waals surface area contributed by atoms with Crippen LogP contribution in [-0.2, 0) is 4.79 Å². The standard InChI is InChI=1S/C14H27N3O/c1-14(16-2,13(15)18)10-17-9-5-7-11-6-3-4-8-12(11)17/h11-12,16H,3-10H2,1-2H3,(H2,15,18). The third kappa shape index (κ3) is 2.69. The third-order valence-corrected chi connectivity index (χ3v) is 4.97. The Kier molecular flexibility index (Phi) is 4.28. The minimum absolute atomic E-state index is 0.247. The van der Waals surface area contributed by atoms with Crippen molar-refractivity contribution in [1.82, 2.24) is 10.2 Å². The van der Waals surface area contributed by atoms with Crippen molar-refractivity contribution in [3.8, 4) is 0 Å². The van der Waals surface area contributed by atoms with Crippen LogP contribution >= 0.6 is 0 Å². The molecule has 1 saturated heterocycles. The number of carbonyl (C=O) groups excluding carboxylic acids is 1. The molecule has 0 aromatic carbocycles. The molecule has 0 spiro atoms. The fourth-order valence-corrected chi connectivity index (χ4v) is 3.61. The zero-order valence-corrected chi connectivity index (χ0v) is 11.7. The average Bonchev–Trinajstić information content (AvgIpc) is 2.39. The van der Waals surface area contributed by atoms with Crippen molar-refractivity contribution in [1.29, 1.82) is 0 Å². The van der Waals surface area contributed by atoms with Crippen molar-refractivity contribution in [2.45, 2.75) is 57.0 Å². The van der Waals surface area contributed by atoms with E-state index in [1.54, 1.807) is 0 Å². The van der Waals surface area contributed by atoms with E-state index in [2.05, 4.69) is 10.2 Å². The minimum Gasteiger partial charge on any atom is -0.368 e. The second-order valence-corrected chi connectivity index (χ2v) is 6.17. The second kappa shape index (κ2) is 5.57. The minimum atomic E-state index is -0.598. The van der Waals surface area contributed by atoms with Gasteiger partial charge in [0.1, 0.15) is 5.54 Å². The maximum atomic E-state index is 11.6. The van der Waals surface area contributed by atoms with Gasteiger partial charge in [-0.3, -0.25) is 9.69 Å². The van der Waals surface area contributed by atoms with Gasteiger partial charge in [0.05, 0.1) is 0 Å². The summed E-state index contributed by atoms with van der Waals surface area (Å²) in [5.41, 5.74) is 4.94. The Morgan fingerprint density at radius 1 is 1.33 bits per heavy atom. The van der Waals surface area contributed by atoms with Gasteiger partial charge < -0.3 is 11.1 Å². The highest BCUT2D eigenvalue weighted by Gasteiger charge is 2.38. The number of likely N-dealkylation sites (N-methyl/N-ethyl adjacent to an activating group) is 1. The molecule has 0 aromatic rings. The van der Waals surface area contributed by atoms with Crippen molar-refractivity contribution in [3.63, 3.8) is 0 Å². The lowest BCUT2D eigenvalue weighted by molar-refractivity contribution is -0.125. The van der Waals surface area contributed by atoms with E-state index in [0.717, 1.165) is 19.0 Å². The van der Waals surface area contributed by atoms with Gasteiger partial charge in [-0.2, -0.15) is 0 Å². The monoisotopic (exact) mass is 253 g/mol. The Morgan fingerprint density at radius 3 is 2.67 bits per heavy atom. The summed E-state index contributed by atoms with van der Waals surface area (Å²) in [6.45, 7) is 3.79. The maximum Gasteiger partial charge on any atom is 0.238 e. The Labute approximate surface area is 110 Å². The molecule has 2 aliphatic rings. The van der Waals surface area contributed by atoms with Crippen LogP contribution < -0.4 is 11.1 Å². The number of likely N-dealkylation sites (tertiary alicyclic amines) is 1. The van der Waals surface area contributed by atoms with Crippen LogP contribution in [0.4, 0.5) is 0 Å². The zero-order valence-electron chi connectivity index (χ0n) is 11.7. The predicted octanol–water partition coefficient (Wildman–Crippen LogP) is 1.10. The normalized spacial score (nSPS) is 32.6. The molecule has 0 bridgehead atoms. The molecule has 1 saturated carbocycles. The van der Waals surface area contributed by atoms with Gasteiger partial charge in [-0.25, -0.2) is 0 Å². The summed E-state index contributed by atoms with van der Waals surface area (Å²) in [5.74, 6) is 0.601. The first kappa shape index (κ1) is 13.8. The fraction of sp³-hybridized carbons (Fsp3) is 0.929. The number of rotatable bonds is 4. The van der Waals surface area contributed by atoms with Crippen LogP contribution in [0.5, 0.6) is 0 Å². The van der Waals surface area contributed by atoms with Gasteiger partial charge in [0.2, 0.25) is 5.91 Å². The van der Waals surface area contributed by atoms with Gasteiger partial charge in [0.25, 0.3) is 0 Å². The zero-order chi connectivity index (χ0) is 13.2. The Balaban J connectivity index is 2.04. The molecule has 4 heteroatoms. The summed E-state index contributed by atoms with van der Waals surface area (Å²) < 4.78 is 0. The van der Waals surface area contributed by atoms with Crippen LogP contribution in [0.1, 0.15) is 45.4 Å². The lowest BCUT2D eigenvalue weighted by Gasteiger charge is -2.46. The van der Waals surface area contributed by atoms with Crippen LogP contribution in [0.15, 0.2) is 0 Å². The van der Waals surface area contributed by atoms with Gasteiger partial charge in [0, 0.05) is 12.6 Å². The first-order valence-corrected chi connectivity index (χ1v) is 7.30. The number of nitrogens with zero attached hydrogens (tertiary/aromatic N) is 1. The van der Waals surface area contributed by atoms with Crippen molar-refractivity contribution in [2.24, 2.45) is 11.7 Å². The molecule has 1 aliphatic heterocycles. The number of hydrogen-bond donors (Lipinski definition) is 2. The lowest BCUT2D eigenvalue weighted by Crippen LogP contribution is -2.61. The fourth-order valence-electron chi connectivity index (χ4n) is 3.61. The predicted molar refractivity (Wildman–Crippen MR) is 73.2 cm³/mol. The molecule has 1 aliphatic carbocycles. The van der Waals surface area contributed by atoms with Gasteiger partial charge in [-0.1, -0.05) is 12.8 Å². The van der Waals surface area contributed by atoms with E-state index in [-0.39, 0.29) is 5.91 Å². The number of nitrogens with one attached hydrogen (secondary N) is 1. The van der Waals surface area contributed by atoms with Gasteiger partial charge in [-0.15, -0.1) is 0 Å².